The van der Waals surface area contributed by atoms with Crippen molar-refractivity contribution in [3.63, 3.8) is 0 Å². The van der Waals surface area contributed by atoms with E-state index in [1.165, 1.54) is 13.2 Å². The van der Waals surface area contributed by atoms with Crippen molar-refractivity contribution in [3.8, 4) is 11.5 Å². The molecular formula is C13H18O5. The first-order valence-electron chi connectivity index (χ1n) is 5.70. The van der Waals surface area contributed by atoms with Crippen LogP contribution in [0.5, 0.6) is 11.5 Å². The molecule has 0 bridgehead atoms. The highest BCUT2D eigenvalue weighted by atomic mass is 16.5. The molecule has 1 aromatic carbocycles. The molecule has 5 nitrogen and oxygen atoms in total. The van der Waals surface area contributed by atoms with Crippen LogP contribution in [-0.4, -0.2) is 37.5 Å². The van der Waals surface area contributed by atoms with E-state index in [9.17, 15) is 4.79 Å². The molecule has 0 aromatic heterocycles. The van der Waals surface area contributed by atoms with E-state index in [0.29, 0.717) is 19.0 Å². The normalized spacial score (nSPS) is 10.4. The standard InChI is InChI=1S/C13H18O5/c1-9(2)17-6-7-18-12-8-10(16-3)4-5-11(12)13(14)15/h4-5,8-9H,6-7H2,1-3H3,(H,14,15). The lowest BCUT2D eigenvalue weighted by Crippen LogP contribution is -2.12. The molecule has 0 saturated heterocycles. The SMILES string of the molecule is COc1ccc(C(=O)O)c(OCCOC(C)C)c1. The average molecular weight is 254 g/mol. The number of methoxy groups -OCH3 is 1. The van der Waals surface area contributed by atoms with Gasteiger partial charge >= 0.3 is 5.97 Å². The lowest BCUT2D eigenvalue weighted by Gasteiger charge is -2.12. The predicted molar refractivity (Wildman–Crippen MR) is 66.5 cm³/mol. The number of aromatic carboxylic acids is 1. The smallest absolute Gasteiger partial charge is 0.339 e. The van der Waals surface area contributed by atoms with Gasteiger partial charge in [0.25, 0.3) is 0 Å². The highest BCUT2D eigenvalue weighted by molar-refractivity contribution is 5.91. The minimum Gasteiger partial charge on any atom is -0.497 e. The number of carbonyl (C=O) groups is 1. The summed E-state index contributed by atoms with van der Waals surface area (Å²) >= 11 is 0. The van der Waals surface area contributed by atoms with Gasteiger partial charge in [0.05, 0.1) is 19.8 Å². The van der Waals surface area contributed by atoms with E-state index in [1.807, 2.05) is 13.8 Å². The molecule has 0 saturated carbocycles. The zero-order valence-corrected chi connectivity index (χ0v) is 10.8. The summed E-state index contributed by atoms with van der Waals surface area (Å²) in [4.78, 5) is 11.0. The molecular weight excluding hydrogens is 236 g/mol. The third-order valence-corrected chi connectivity index (χ3v) is 2.21. The Balaban J connectivity index is 2.69. The van der Waals surface area contributed by atoms with Crippen molar-refractivity contribution in [2.45, 2.75) is 20.0 Å². The Kier molecular flexibility index (Phi) is 5.45. The van der Waals surface area contributed by atoms with Crippen molar-refractivity contribution >= 4 is 5.97 Å². The van der Waals surface area contributed by atoms with Crippen molar-refractivity contribution in [3.05, 3.63) is 23.8 Å². The summed E-state index contributed by atoms with van der Waals surface area (Å²) < 4.78 is 15.8. The summed E-state index contributed by atoms with van der Waals surface area (Å²) in [5, 5.41) is 9.02. The first kappa shape index (κ1) is 14.3. The van der Waals surface area contributed by atoms with E-state index in [1.54, 1.807) is 12.1 Å². The zero-order valence-electron chi connectivity index (χ0n) is 10.8. The molecule has 0 radical (unpaired) electrons. The maximum atomic E-state index is 11.0. The topological polar surface area (TPSA) is 65.0 Å². The predicted octanol–water partition coefficient (Wildman–Crippen LogP) is 2.20. The van der Waals surface area contributed by atoms with Crippen LogP contribution in [0.25, 0.3) is 0 Å². The van der Waals surface area contributed by atoms with Gasteiger partial charge in [0.15, 0.2) is 0 Å². The minimum atomic E-state index is -1.03. The Labute approximate surface area is 106 Å². The monoisotopic (exact) mass is 254 g/mol. The Morgan fingerprint density at radius 1 is 1.33 bits per heavy atom. The van der Waals surface area contributed by atoms with Crippen LogP contribution < -0.4 is 9.47 Å². The lowest BCUT2D eigenvalue weighted by molar-refractivity contribution is 0.0538. The second-order valence-electron chi connectivity index (χ2n) is 3.94. The molecule has 0 amide bonds. The van der Waals surface area contributed by atoms with Crippen LogP contribution >= 0.6 is 0 Å². The zero-order chi connectivity index (χ0) is 13.5. The van der Waals surface area contributed by atoms with Gasteiger partial charge in [-0.05, 0) is 26.0 Å². The molecule has 1 N–H and O–H groups in total. The van der Waals surface area contributed by atoms with E-state index < -0.39 is 5.97 Å². The van der Waals surface area contributed by atoms with Crippen LogP contribution in [0.1, 0.15) is 24.2 Å². The van der Waals surface area contributed by atoms with Gasteiger partial charge in [-0.2, -0.15) is 0 Å². The van der Waals surface area contributed by atoms with Crippen molar-refractivity contribution in [2.75, 3.05) is 20.3 Å². The van der Waals surface area contributed by atoms with E-state index in [4.69, 9.17) is 19.3 Å². The number of rotatable bonds is 7. The summed E-state index contributed by atoms with van der Waals surface area (Å²) in [6.07, 6.45) is 0.123. The third kappa shape index (κ3) is 4.25. The number of carboxylic acid groups (broad SMARTS) is 1. The van der Waals surface area contributed by atoms with E-state index in [2.05, 4.69) is 0 Å². The summed E-state index contributed by atoms with van der Waals surface area (Å²) in [6, 6.07) is 4.60. The fourth-order valence-electron chi connectivity index (χ4n) is 1.36. The second kappa shape index (κ2) is 6.86. The minimum absolute atomic E-state index is 0.111. The summed E-state index contributed by atoms with van der Waals surface area (Å²) in [6.45, 7) is 4.56. The number of hydrogen-bond acceptors (Lipinski definition) is 4. The molecule has 0 aliphatic rings. The molecule has 18 heavy (non-hydrogen) atoms. The van der Waals surface area contributed by atoms with Crippen LogP contribution in [0.3, 0.4) is 0 Å². The quantitative estimate of drug-likeness (QED) is 0.756. The first-order valence-corrected chi connectivity index (χ1v) is 5.70. The van der Waals surface area contributed by atoms with Crippen molar-refractivity contribution in [1.82, 2.24) is 0 Å². The van der Waals surface area contributed by atoms with Crippen LogP contribution in [0.2, 0.25) is 0 Å². The molecule has 0 aliphatic carbocycles. The Morgan fingerprint density at radius 3 is 2.61 bits per heavy atom. The Morgan fingerprint density at radius 2 is 2.06 bits per heavy atom. The molecule has 5 heteroatoms. The first-order chi connectivity index (χ1) is 8.54. The molecule has 0 spiro atoms. The molecule has 0 unspecified atom stereocenters. The number of hydrogen-bond donors (Lipinski definition) is 1. The molecule has 0 fully saturated rings. The number of carboxylic acids is 1. The van der Waals surface area contributed by atoms with E-state index >= 15 is 0 Å². The van der Waals surface area contributed by atoms with Gasteiger partial charge < -0.3 is 19.3 Å². The van der Waals surface area contributed by atoms with Gasteiger partial charge in [-0.1, -0.05) is 0 Å². The molecule has 1 rings (SSSR count). The van der Waals surface area contributed by atoms with Gasteiger partial charge in [-0.3, -0.25) is 0 Å². The summed E-state index contributed by atoms with van der Waals surface area (Å²) in [7, 11) is 1.52. The van der Waals surface area contributed by atoms with Gasteiger partial charge in [-0.25, -0.2) is 4.79 Å². The lowest BCUT2D eigenvalue weighted by atomic mass is 10.2. The third-order valence-electron chi connectivity index (χ3n) is 2.21. The van der Waals surface area contributed by atoms with Crippen LogP contribution in [0.4, 0.5) is 0 Å². The van der Waals surface area contributed by atoms with Crippen LogP contribution in [0.15, 0.2) is 18.2 Å². The van der Waals surface area contributed by atoms with Gasteiger partial charge in [0.1, 0.15) is 23.7 Å². The van der Waals surface area contributed by atoms with Crippen molar-refractivity contribution in [2.24, 2.45) is 0 Å². The van der Waals surface area contributed by atoms with Gasteiger partial charge in [-0.15, -0.1) is 0 Å². The van der Waals surface area contributed by atoms with Gasteiger partial charge in [0, 0.05) is 6.07 Å². The van der Waals surface area contributed by atoms with Gasteiger partial charge in [0.2, 0.25) is 0 Å². The highest BCUT2D eigenvalue weighted by Gasteiger charge is 2.12. The number of benzene rings is 1. The maximum Gasteiger partial charge on any atom is 0.339 e. The largest absolute Gasteiger partial charge is 0.497 e. The summed E-state index contributed by atoms with van der Waals surface area (Å²) in [5.74, 6) is -0.189. The average Bonchev–Trinajstić information content (AvgIpc) is 2.33. The second-order valence-corrected chi connectivity index (χ2v) is 3.94. The summed E-state index contributed by atoms with van der Waals surface area (Å²) in [5.41, 5.74) is 0.111. The molecule has 0 heterocycles. The maximum absolute atomic E-state index is 11.0. The van der Waals surface area contributed by atoms with Crippen LogP contribution in [-0.2, 0) is 4.74 Å². The van der Waals surface area contributed by atoms with Crippen molar-refractivity contribution < 1.29 is 24.1 Å². The Bertz CT molecular complexity index is 400. The molecule has 0 aliphatic heterocycles. The van der Waals surface area contributed by atoms with E-state index in [-0.39, 0.29) is 17.4 Å². The fraction of sp³-hybridized carbons (Fsp3) is 0.462. The van der Waals surface area contributed by atoms with E-state index in [0.717, 1.165) is 0 Å². The fourth-order valence-corrected chi connectivity index (χ4v) is 1.36. The molecule has 0 atom stereocenters. The van der Waals surface area contributed by atoms with Crippen molar-refractivity contribution in [1.29, 1.82) is 0 Å². The molecule has 100 valence electrons. The highest BCUT2D eigenvalue weighted by Crippen LogP contribution is 2.24. The molecule has 1 aromatic rings. The Hall–Kier alpha value is -1.75. The van der Waals surface area contributed by atoms with Crippen LogP contribution in [0, 0.1) is 0 Å². The number of ether oxygens (including phenoxy) is 3.